The molecule has 22 heavy (non-hydrogen) atoms. The molecule has 0 unspecified atom stereocenters. The molecule has 0 saturated carbocycles. The van der Waals surface area contributed by atoms with Crippen molar-refractivity contribution >= 4 is 23.8 Å². The Balaban J connectivity index is 2.05. The molecule has 1 aliphatic heterocycles. The minimum atomic E-state index is -0.124. The van der Waals surface area contributed by atoms with Crippen LogP contribution in [0.3, 0.4) is 0 Å². The topological polar surface area (TPSA) is 65.1 Å². The molecule has 0 spiro atoms. The van der Waals surface area contributed by atoms with Crippen LogP contribution in [0.25, 0.3) is 0 Å². The number of halogens is 1. The Kier molecular flexibility index (Phi) is 6.03. The molecule has 6 nitrogen and oxygen atoms in total. The van der Waals surface area contributed by atoms with E-state index in [1.54, 1.807) is 4.90 Å². The number of ether oxygens (including phenoxy) is 3. The second-order valence-electron chi connectivity index (χ2n) is 4.65. The number of rotatable bonds is 6. The van der Waals surface area contributed by atoms with Gasteiger partial charge in [-0.05, 0) is 13.0 Å². The Bertz CT molecular complexity index is 543. The highest BCUT2D eigenvalue weighted by atomic mass is 35.5. The van der Waals surface area contributed by atoms with E-state index in [0.29, 0.717) is 56.3 Å². The monoisotopic (exact) mass is 327 g/mol. The van der Waals surface area contributed by atoms with Crippen LogP contribution < -0.4 is 9.47 Å². The quantitative estimate of drug-likeness (QED) is 0.745. The van der Waals surface area contributed by atoms with Gasteiger partial charge >= 0.3 is 0 Å². The molecule has 0 radical (unpaired) electrons. The van der Waals surface area contributed by atoms with Crippen molar-refractivity contribution in [2.75, 3.05) is 39.5 Å². The molecule has 1 fully saturated rings. The lowest BCUT2D eigenvalue weighted by molar-refractivity contribution is -0.137. The van der Waals surface area contributed by atoms with Crippen LogP contribution >= 0.6 is 11.6 Å². The third-order valence-corrected chi connectivity index (χ3v) is 3.53. The van der Waals surface area contributed by atoms with E-state index in [2.05, 4.69) is 0 Å². The highest BCUT2D eigenvalue weighted by molar-refractivity contribution is 6.33. The van der Waals surface area contributed by atoms with Crippen molar-refractivity contribution in [2.45, 2.75) is 6.92 Å². The standard InChI is InChI=1S/C15H18ClNO5/c1-2-21-13-7-11(9-18)12(16)8-14(13)22-10-15(19)17-3-5-20-6-4-17/h7-9H,2-6,10H2,1H3. The normalized spacial score (nSPS) is 14.5. The zero-order valence-corrected chi connectivity index (χ0v) is 13.1. The minimum absolute atomic E-state index is 0.114. The Morgan fingerprint density at radius 2 is 2.00 bits per heavy atom. The van der Waals surface area contributed by atoms with Gasteiger partial charge in [0.05, 0.1) is 24.8 Å². The number of carbonyl (C=O) groups is 2. The number of hydrogen-bond donors (Lipinski definition) is 0. The molecule has 1 aromatic rings. The van der Waals surface area contributed by atoms with Crippen molar-refractivity contribution in [3.8, 4) is 11.5 Å². The van der Waals surface area contributed by atoms with Crippen molar-refractivity contribution < 1.29 is 23.8 Å². The maximum absolute atomic E-state index is 12.1. The van der Waals surface area contributed by atoms with E-state index in [9.17, 15) is 9.59 Å². The summed E-state index contributed by atoms with van der Waals surface area (Å²) in [5, 5.41) is 0.257. The van der Waals surface area contributed by atoms with Gasteiger partial charge in [-0.25, -0.2) is 0 Å². The summed E-state index contributed by atoms with van der Waals surface area (Å²) >= 11 is 5.99. The molecule has 1 amide bonds. The van der Waals surface area contributed by atoms with E-state index >= 15 is 0 Å². The molecule has 1 saturated heterocycles. The summed E-state index contributed by atoms with van der Waals surface area (Å²) in [6, 6.07) is 3.00. The Hall–Kier alpha value is -1.79. The average molecular weight is 328 g/mol. The average Bonchev–Trinajstić information content (AvgIpc) is 2.55. The number of carbonyl (C=O) groups excluding carboxylic acids is 2. The molecule has 0 bridgehead atoms. The molecule has 2 rings (SSSR count). The first-order valence-corrected chi connectivity index (χ1v) is 7.43. The summed E-state index contributed by atoms with van der Waals surface area (Å²) in [5.41, 5.74) is 0.317. The smallest absolute Gasteiger partial charge is 0.260 e. The fourth-order valence-corrected chi connectivity index (χ4v) is 2.26. The van der Waals surface area contributed by atoms with E-state index in [-0.39, 0.29) is 17.5 Å². The van der Waals surface area contributed by atoms with Gasteiger partial charge in [0.25, 0.3) is 5.91 Å². The number of hydrogen-bond acceptors (Lipinski definition) is 5. The van der Waals surface area contributed by atoms with Gasteiger partial charge in [-0.15, -0.1) is 0 Å². The van der Waals surface area contributed by atoms with Crippen molar-refractivity contribution in [2.24, 2.45) is 0 Å². The van der Waals surface area contributed by atoms with Crippen LogP contribution in [0.1, 0.15) is 17.3 Å². The SMILES string of the molecule is CCOc1cc(C=O)c(Cl)cc1OCC(=O)N1CCOCC1. The molecule has 0 atom stereocenters. The summed E-state index contributed by atoms with van der Waals surface area (Å²) < 4.78 is 16.2. The van der Waals surface area contributed by atoms with Gasteiger partial charge in [0.1, 0.15) is 0 Å². The van der Waals surface area contributed by atoms with Crippen molar-refractivity contribution in [3.63, 3.8) is 0 Å². The highest BCUT2D eigenvalue weighted by Gasteiger charge is 2.18. The van der Waals surface area contributed by atoms with E-state index in [4.69, 9.17) is 25.8 Å². The van der Waals surface area contributed by atoms with Gasteiger partial charge in [0, 0.05) is 24.7 Å². The van der Waals surface area contributed by atoms with E-state index in [1.807, 2.05) is 6.92 Å². The van der Waals surface area contributed by atoms with Gasteiger partial charge in [0.15, 0.2) is 24.4 Å². The van der Waals surface area contributed by atoms with Gasteiger partial charge in [-0.1, -0.05) is 11.6 Å². The zero-order chi connectivity index (χ0) is 15.9. The summed E-state index contributed by atoms with van der Waals surface area (Å²) in [5.74, 6) is 0.615. The van der Waals surface area contributed by atoms with Crippen molar-refractivity contribution in [1.29, 1.82) is 0 Å². The largest absolute Gasteiger partial charge is 0.490 e. The lowest BCUT2D eigenvalue weighted by atomic mass is 10.2. The third kappa shape index (κ3) is 4.11. The van der Waals surface area contributed by atoms with Crippen molar-refractivity contribution in [1.82, 2.24) is 4.90 Å². The molecule has 7 heteroatoms. The van der Waals surface area contributed by atoms with E-state index < -0.39 is 0 Å². The summed E-state index contributed by atoms with van der Waals surface area (Å²) in [6.45, 7) is 4.31. The molecular formula is C15H18ClNO5. The number of morpholine rings is 1. The number of aldehydes is 1. The van der Waals surface area contributed by atoms with Crippen LogP contribution in [0.4, 0.5) is 0 Å². The molecule has 0 aliphatic carbocycles. The molecule has 1 heterocycles. The van der Waals surface area contributed by atoms with E-state index in [0.717, 1.165) is 0 Å². The first-order chi connectivity index (χ1) is 10.7. The van der Waals surface area contributed by atoms with E-state index in [1.165, 1.54) is 12.1 Å². The zero-order valence-electron chi connectivity index (χ0n) is 12.3. The second-order valence-corrected chi connectivity index (χ2v) is 5.06. The first kappa shape index (κ1) is 16.6. The summed E-state index contributed by atoms with van der Waals surface area (Å²) in [4.78, 5) is 24.7. The van der Waals surface area contributed by atoms with Crippen LogP contribution in [0.15, 0.2) is 12.1 Å². The fourth-order valence-electron chi connectivity index (χ4n) is 2.07. The van der Waals surface area contributed by atoms with Gasteiger partial charge in [0.2, 0.25) is 0 Å². The number of nitrogens with zero attached hydrogens (tertiary/aromatic N) is 1. The molecular weight excluding hydrogens is 310 g/mol. The van der Waals surface area contributed by atoms with Crippen LogP contribution in [0.5, 0.6) is 11.5 Å². The van der Waals surface area contributed by atoms with Crippen LogP contribution in [0.2, 0.25) is 5.02 Å². The van der Waals surface area contributed by atoms with Gasteiger partial charge in [-0.3, -0.25) is 9.59 Å². The predicted molar refractivity (Wildman–Crippen MR) is 80.9 cm³/mol. The number of benzene rings is 1. The summed E-state index contributed by atoms with van der Waals surface area (Å²) in [6.07, 6.45) is 0.646. The lowest BCUT2D eigenvalue weighted by Gasteiger charge is -2.26. The Labute approximate surface area is 133 Å². The lowest BCUT2D eigenvalue weighted by Crippen LogP contribution is -2.43. The fraction of sp³-hybridized carbons (Fsp3) is 0.467. The maximum atomic E-state index is 12.1. The second kappa shape index (κ2) is 8.00. The molecule has 0 N–H and O–H groups in total. The first-order valence-electron chi connectivity index (χ1n) is 7.05. The molecule has 0 aromatic heterocycles. The van der Waals surface area contributed by atoms with Crippen molar-refractivity contribution in [3.05, 3.63) is 22.7 Å². The Morgan fingerprint density at radius 3 is 2.64 bits per heavy atom. The molecule has 1 aromatic carbocycles. The highest BCUT2D eigenvalue weighted by Crippen LogP contribution is 2.33. The Morgan fingerprint density at radius 1 is 1.32 bits per heavy atom. The van der Waals surface area contributed by atoms with Crippen LogP contribution in [-0.4, -0.2) is 56.6 Å². The van der Waals surface area contributed by atoms with Gasteiger partial charge < -0.3 is 19.1 Å². The van der Waals surface area contributed by atoms with Gasteiger partial charge in [-0.2, -0.15) is 0 Å². The molecule has 120 valence electrons. The maximum Gasteiger partial charge on any atom is 0.260 e. The minimum Gasteiger partial charge on any atom is -0.490 e. The number of amides is 1. The van der Waals surface area contributed by atoms with Crippen LogP contribution in [-0.2, 0) is 9.53 Å². The van der Waals surface area contributed by atoms with Crippen LogP contribution in [0, 0.1) is 0 Å². The predicted octanol–water partition coefficient (Wildman–Crippen LogP) is 1.79. The molecule has 1 aliphatic rings. The third-order valence-electron chi connectivity index (χ3n) is 3.20. The summed E-state index contributed by atoms with van der Waals surface area (Å²) in [7, 11) is 0.